The molecule has 8 nitrogen and oxygen atoms in total. The summed E-state index contributed by atoms with van der Waals surface area (Å²) in [6.45, 7) is 2.25. The number of piperidine rings is 1. The molecule has 0 saturated carbocycles. The first-order valence-corrected chi connectivity index (χ1v) is 9.51. The highest BCUT2D eigenvalue weighted by Gasteiger charge is 2.32. The topological polar surface area (TPSA) is 118 Å². The second-order valence-electron chi connectivity index (χ2n) is 7.26. The van der Waals surface area contributed by atoms with Gasteiger partial charge < -0.3 is 16.0 Å². The van der Waals surface area contributed by atoms with Crippen LogP contribution in [0, 0.1) is 6.92 Å². The maximum absolute atomic E-state index is 13.0. The molecule has 3 heterocycles. The Morgan fingerprint density at radius 1 is 1.28 bits per heavy atom. The third kappa shape index (κ3) is 3.61. The van der Waals surface area contributed by atoms with Crippen LogP contribution in [0.15, 0.2) is 35.5 Å². The van der Waals surface area contributed by atoms with E-state index < -0.39 is 11.8 Å². The van der Waals surface area contributed by atoms with Gasteiger partial charge in [0, 0.05) is 17.8 Å². The monoisotopic (exact) mass is 391 g/mol. The minimum atomic E-state index is -0.722. The highest BCUT2D eigenvalue weighted by atomic mass is 16.2. The highest BCUT2D eigenvalue weighted by Crippen LogP contribution is 2.29. The van der Waals surface area contributed by atoms with Crippen molar-refractivity contribution in [1.29, 1.82) is 0 Å². The average Bonchev–Trinajstić information content (AvgIpc) is 3.10. The Balaban J connectivity index is 1.61. The van der Waals surface area contributed by atoms with E-state index in [-0.39, 0.29) is 11.9 Å². The van der Waals surface area contributed by atoms with Crippen molar-refractivity contribution in [1.82, 2.24) is 9.88 Å². The molecular weight excluding hydrogens is 370 g/mol. The number of benzene rings is 1. The molecule has 29 heavy (non-hydrogen) atoms. The Hall–Kier alpha value is -3.55. The van der Waals surface area contributed by atoms with Crippen molar-refractivity contribution in [3.8, 4) is 0 Å². The lowest BCUT2D eigenvalue weighted by Gasteiger charge is -2.35. The molecule has 8 heteroatoms. The van der Waals surface area contributed by atoms with Crippen molar-refractivity contribution < 1.29 is 14.4 Å². The third-order valence-corrected chi connectivity index (χ3v) is 5.31. The fourth-order valence-corrected chi connectivity index (χ4v) is 3.86. The van der Waals surface area contributed by atoms with E-state index in [2.05, 4.69) is 15.3 Å². The summed E-state index contributed by atoms with van der Waals surface area (Å²) < 4.78 is 0. The van der Waals surface area contributed by atoms with E-state index >= 15 is 0 Å². The molecule has 2 aliphatic rings. The van der Waals surface area contributed by atoms with Gasteiger partial charge in [0.1, 0.15) is 5.82 Å². The van der Waals surface area contributed by atoms with Crippen LogP contribution >= 0.6 is 0 Å². The number of nitrogen functional groups attached to an aromatic ring is 1. The zero-order valence-corrected chi connectivity index (χ0v) is 16.0. The van der Waals surface area contributed by atoms with E-state index in [1.165, 1.54) is 12.3 Å². The van der Waals surface area contributed by atoms with Gasteiger partial charge in [-0.05, 0) is 49.4 Å². The molecule has 1 atom stereocenters. The van der Waals surface area contributed by atoms with Crippen LogP contribution in [0.2, 0.25) is 0 Å². The predicted octanol–water partition coefficient (Wildman–Crippen LogP) is 0.605. The molecule has 1 saturated heterocycles. The van der Waals surface area contributed by atoms with Crippen LogP contribution in [0.3, 0.4) is 0 Å². The molecule has 3 N–H and O–H groups in total. The summed E-state index contributed by atoms with van der Waals surface area (Å²) in [5.74, 6) is -1.26. The number of anilines is 2. The second kappa shape index (κ2) is 7.46. The summed E-state index contributed by atoms with van der Waals surface area (Å²) in [5.41, 5.74) is 7.69. The number of carbonyl (C=O) groups excluding carboxylic acids is 3. The average molecular weight is 391 g/mol. The number of pyridine rings is 1. The number of hydrogen-bond donors (Lipinski definition) is 2. The van der Waals surface area contributed by atoms with E-state index in [1.54, 1.807) is 24.0 Å². The SMILES string of the molecule is Cc1cc(NC(=O)C(=O)N2CCCCC2c2cccc3c2=CC(=O)N=3)cnc1N. The molecule has 4 rings (SSSR count). The molecule has 0 radical (unpaired) electrons. The van der Waals surface area contributed by atoms with Gasteiger partial charge in [-0.25, -0.2) is 9.98 Å². The van der Waals surface area contributed by atoms with Crippen LogP contribution in [0.4, 0.5) is 11.5 Å². The number of rotatable bonds is 2. The van der Waals surface area contributed by atoms with E-state index in [4.69, 9.17) is 5.73 Å². The minimum absolute atomic E-state index is 0.277. The number of nitrogens with one attached hydrogen (secondary N) is 1. The Bertz CT molecular complexity index is 1140. The quantitative estimate of drug-likeness (QED) is 0.727. The summed E-state index contributed by atoms with van der Waals surface area (Å²) in [5, 5.41) is 3.96. The summed E-state index contributed by atoms with van der Waals surface area (Å²) >= 11 is 0. The molecule has 1 fully saturated rings. The molecule has 0 aliphatic carbocycles. The number of aryl methyl sites for hydroxylation is 1. The Labute approximate surface area is 167 Å². The Morgan fingerprint density at radius 2 is 2.10 bits per heavy atom. The molecule has 0 spiro atoms. The predicted molar refractivity (Wildman–Crippen MR) is 107 cm³/mol. The third-order valence-electron chi connectivity index (χ3n) is 5.31. The summed E-state index contributed by atoms with van der Waals surface area (Å²) in [7, 11) is 0. The molecule has 1 aromatic heterocycles. The summed E-state index contributed by atoms with van der Waals surface area (Å²) in [6, 6.07) is 6.89. The lowest BCUT2D eigenvalue weighted by molar-refractivity contribution is -0.145. The van der Waals surface area contributed by atoms with Gasteiger partial charge in [-0.15, -0.1) is 0 Å². The van der Waals surface area contributed by atoms with Gasteiger partial charge in [-0.2, -0.15) is 0 Å². The van der Waals surface area contributed by atoms with Crippen molar-refractivity contribution in [2.75, 3.05) is 17.6 Å². The summed E-state index contributed by atoms with van der Waals surface area (Å²) in [6.07, 6.45) is 5.39. The number of amides is 3. The Morgan fingerprint density at radius 3 is 2.90 bits per heavy atom. The number of nitrogens with zero attached hydrogens (tertiary/aromatic N) is 3. The van der Waals surface area contributed by atoms with Gasteiger partial charge in [-0.3, -0.25) is 14.4 Å². The van der Waals surface area contributed by atoms with Crippen molar-refractivity contribution in [3.05, 3.63) is 52.2 Å². The largest absolute Gasteiger partial charge is 0.383 e. The fraction of sp³-hybridized carbons (Fsp3) is 0.286. The molecular formula is C21H21N5O3. The molecule has 1 aromatic carbocycles. The van der Waals surface area contributed by atoms with Gasteiger partial charge >= 0.3 is 11.8 Å². The second-order valence-corrected chi connectivity index (χ2v) is 7.26. The van der Waals surface area contributed by atoms with E-state index in [0.717, 1.165) is 35.6 Å². The molecule has 0 bridgehead atoms. The molecule has 2 aromatic rings. The lowest BCUT2D eigenvalue weighted by atomic mass is 9.93. The lowest BCUT2D eigenvalue weighted by Crippen LogP contribution is -2.46. The van der Waals surface area contributed by atoms with Crippen LogP contribution in [0.25, 0.3) is 6.08 Å². The maximum atomic E-state index is 13.0. The van der Waals surface area contributed by atoms with Crippen molar-refractivity contribution >= 4 is 35.3 Å². The van der Waals surface area contributed by atoms with Gasteiger partial charge in [-0.1, -0.05) is 12.1 Å². The van der Waals surface area contributed by atoms with Crippen LogP contribution in [0.1, 0.15) is 36.4 Å². The molecule has 3 amide bonds. The number of nitrogens with two attached hydrogens (primary N) is 1. The minimum Gasteiger partial charge on any atom is -0.383 e. The van der Waals surface area contributed by atoms with Crippen molar-refractivity contribution in [2.24, 2.45) is 4.99 Å². The van der Waals surface area contributed by atoms with Gasteiger partial charge in [0.2, 0.25) is 0 Å². The van der Waals surface area contributed by atoms with E-state index in [0.29, 0.717) is 23.4 Å². The number of hydrogen-bond acceptors (Lipinski definition) is 5. The van der Waals surface area contributed by atoms with Crippen molar-refractivity contribution in [2.45, 2.75) is 32.2 Å². The first kappa shape index (κ1) is 18.8. The van der Waals surface area contributed by atoms with Crippen LogP contribution in [0.5, 0.6) is 0 Å². The van der Waals surface area contributed by atoms with Crippen LogP contribution < -0.4 is 21.6 Å². The molecule has 2 aliphatic heterocycles. The first-order chi connectivity index (χ1) is 13.9. The molecule has 148 valence electrons. The van der Waals surface area contributed by atoms with Gasteiger partial charge in [0.05, 0.1) is 23.3 Å². The maximum Gasteiger partial charge on any atom is 0.313 e. The smallest absolute Gasteiger partial charge is 0.313 e. The van der Waals surface area contributed by atoms with E-state index in [1.807, 2.05) is 12.1 Å². The Kier molecular flexibility index (Phi) is 4.84. The highest BCUT2D eigenvalue weighted by molar-refractivity contribution is 6.39. The van der Waals surface area contributed by atoms with Crippen LogP contribution in [-0.4, -0.2) is 34.2 Å². The van der Waals surface area contributed by atoms with Crippen molar-refractivity contribution in [3.63, 3.8) is 0 Å². The van der Waals surface area contributed by atoms with Gasteiger partial charge in [0.25, 0.3) is 5.91 Å². The number of fused-ring (bicyclic) bond motifs is 1. The van der Waals surface area contributed by atoms with E-state index in [9.17, 15) is 14.4 Å². The normalized spacial score (nSPS) is 17.9. The number of aromatic nitrogens is 1. The zero-order chi connectivity index (χ0) is 20.5. The number of likely N-dealkylation sites (tertiary alicyclic amines) is 1. The zero-order valence-electron chi connectivity index (χ0n) is 16.0. The van der Waals surface area contributed by atoms with Crippen LogP contribution in [-0.2, 0) is 14.4 Å². The number of carbonyl (C=O) groups is 3. The van der Waals surface area contributed by atoms with Gasteiger partial charge in [0.15, 0.2) is 0 Å². The standard InChI is InChI=1S/C21H21N5O3/c1-12-9-13(11-23-19(12)22)24-20(28)21(29)26-8-3-2-7-17(26)14-5-4-6-16-15(14)10-18(27)25-16/h4-6,9-11,17H,2-3,7-8H2,1H3,(H2,22,23)(H,24,28). The molecule has 1 unspecified atom stereocenters. The first-order valence-electron chi connectivity index (χ1n) is 9.51. The fourth-order valence-electron chi connectivity index (χ4n) is 3.86. The summed E-state index contributed by atoms with van der Waals surface area (Å²) in [4.78, 5) is 46.9.